The SMILES string of the molecule is CCCCCCS(=O)(=O)N(CCC)CCN1C[C@H](c2ccc3c(c2)OCO3)[C@H](C(=O)O)[C@H]1c1ccc(OC)c(F)c1. The molecule has 2 aromatic rings. The van der Waals surface area contributed by atoms with Gasteiger partial charge in [-0.3, -0.25) is 9.69 Å². The van der Waals surface area contributed by atoms with Crippen LogP contribution in [-0.2, 0) is 14.8 Å². The summed E-state index contributed by atoms with van der Waals surface area (Å²) in [5, 5.41) is 10.5. The van der Waals surface area contributed by atoms with Crippen molar-refractivity contribution in [3.63, 3.8) is 0 Å². The molecule has 3 atom stereocenters. The van der Waals surface area contributed by atoms with Crippen molar-refractivity contribution in [1.82, 2.24) is 9.21 Å². The van der Waals surface area contributed by atoms with E-state index in [9.17, 15) is 22.7 Å². The van der Waals surface area contributed by atoms with E-state index in [0.29, 0.717) is 49.5 Å². The molecule has 0 saturated carbocycles. The molecule has 0 bridgehead atoms. The topological polar surface area (TPSA) is 106 Å². The third-order valence-electron chi connectivity index (χ3n) is 7.98. The summed E-state index contributed by atoms with van der Waals surface area (Å²) < 4.78 is 58.9. The molecule has 41 heavy (non-hydrogen) atoms. The lowest BCUT2D eigenvalue weighted by Crippen LogP contribution is -2.40. The normalized spacial score (nSPS) is 20.6. The lowest BCUT2D eigenvalue weighted by molar-refractivity contribution is -0.143. The van der Waals surface area contributed by atoms with E-state index >= 15 is 0 Å². The van der Waals surface area contributed by atoms with Gasteiger partial charge in [-0.2, -0.15) is 0 Å². The summed E-state index contributed by atoms with van der Waals surface area (Å²) in [7, 11) is -2.10. The second-order valence-corrected chi connectivity index (χ2v) is 12.8. The largest absolute Gasteiger partial charge is 0.494 e. The Labute approximate surface area is 242 Å². The van der Waals surface area contributed by atoms with Gasteiger partial charge >= 0.3 is 5.97 Å². The molecule has 0 radical (unpaired) electrons. The predicted molar refractivity (Wildman–Crippen MR) is 153 cm³/mol. The molecule has 2 heterocycles. The van der Waals surface area contributed by atoms with Crippen LogP contribution in [0.25, 0.3) is 0 Å². The molecule has 226 valence electrons. The van der Waals surface area contributed by atoms with Gasteiger partial charge < -0.3 is 19.3 Å². The molecule has 9 nitrogen and oxygen atoms in total. The van der Waals surface area contributed by atoms with Crippen LogP contribution in [0.5, 0.6) is 17.2 Å². The van der Waals surface area contributed by atoms with Crippen LogP contribution in [0.4, 0.5) is 4.39 Å². The van der Waals surface area contributed by atoms with Gasteiger partial charge in [0.2, 0.25) is 16.8 Å². The van der Waals surface area contributed by atoms with E-state index in [1.165, 1.54) is 23.5 Å². The van der Waals surface area contributed by atoms with Gasteiger partial charge in [-0.1, -0.05) is 45.2 Å². The highest BCUT2D eigenvalue weighted by Crippen LogP contribution is 2.48. The second-order valence-electron chi connectivity index (χ2n) is 10.7. The van der Waals surface area contributed by atoms with E-state index in [1.54, 1.807) is 12.1 Å². The highest BCUT2D eigenvalue weighted by molar-refractivity contribution is 7.89. The summed E-state index contributed by atoms with van der Waals surface area (Å²) in [5.41, 5.74) is 1.28. The van der Waals surface area contributed by atoms with Crippen molar-refractivity contribution in [3.05, 3.63) is 53.3 Å². The number of unbranched alkanes of at least 4 members (excludes halogenated alkanes) is 3. The summed E-state index contributed by atoms with van der Waals surface area (Å²) in [5.74, 6) is -1.62. The van der Waals surface area contributed by atoms with Gasteiger partial charge in [0.15, 0.2) is 23.1 Å². The van der Waals surface area contributed by atoms with E-state index in [1.807, 2.05) is 24.0 Å². The van der Waals surface area contributed by atoms with Gasteiger partial charge in [0.25, 0.3) is 0 Å². The maximum absolute atomic E-state index is 14.9. The zero-order chi connectivity index (χ0) is 29.6. The van der Waals surface area contributed by atoms with Crippen molar-refractivity contribution in [2.45, 2.75) is 57.9 Å². The molecule has 0 aliphatic carbocycles. The number of ether oxygens (including phenoxy) is 3. The number of methoxy groups -OCH3 is 1. The minimum atomic E-state index is -3.47. The van der Waals surface area contributed by atoms with Crippen molar-refractivity contribution in [1.29, 1.82) is 0 Å². The van der Waals surface area contributed by atoms with Crippen molar-refractivity contribution in [2.24, 2.45) is 5.92 Å². The number of hydrogen-bond donors (Lipinski definition) is 1. The molecule has 11 heteroatoms. The van der Waals surface area contributed by atoms with Crippen molar-refractivity contribution < 1.29 is 36.9 Å². The van der Waals surface area contributed by atoms with Gasteiger partial charge in [-0.25, -0.2) is 17.1 Å². The highest BCUT2D eigenvalue weighted by Gasteiger charge is 2.48. The van der Waals surface area contributed by atoms with Crippen LogP contribution in [0.2, 0.25) is 0 Å². The number of nitrogens with zero attached hydrogens (tertiary/aromatic N) is 2. The summed E-state index contributed by atoms with van der Waals surface area (Å²) >= 11 is 0. The fraction of sp³-hybridized carbons (Fsp3) is 0.567. The molecule has 4 rings (SSSR count). The van der Waals surface area contributed by atoms with Gasteiger partial charge in [0.1, 0.15) is 0 Å². The highest BCUT2D eigenvalue weighted by atomic mass is 32.2. The van der Waals surface area contributed by atoms with E-state index < -0.39 is 39.7 Å². The molecule has 0 spiro atoms. The fourth-order valence-electron chi connectivity index (χ4n) is 5.93. The van der Waals surface area contributed by atoms with Gasteiger partial charge in [0, 0.05) is 38.1 Å². The number of carboxylic acids is 1. The smallest absolute Gasteiger partial charge is 0.309 e. The molecule has 1 fully saturated rings. The molecule has 0 amide bonds. The fourth-order valence-corrected chi connectivity index (χ4v) is 7.57. The molecule has 2 aliphatic heterocycles. The minimum Gasteiger partial charge on any atom is -0.494 e. The summed E-state index contributed by atoms with van der Waals surface area (Å²) in [4.78, 5) is 14.8. The standard InChI is InChI=1S/C30H41FN2O7S/c1-4-6-7-8-16-41(36,37)33(13-5-2)15-14-32-19-23(21-9-12-26-27(18-21)40-20-39-26)28(30(34)35)29(32)22-10-11-25(38-3)24(31)17-22/h9-12,17-18,23,28-29H,4-8,13-16,19-20H2,1-3H3,(H,34,35)/t23-,28+,29-/m1/s1. The molecular weight excluding hydrogens is 551 g/mol. The van der Waals surface area contributed by atoms with E-state index in [0.717, 1.165) is 24.8 Å². The number of likely N-dealkylation sites (tertiary alicyclic amines) is 1. The number of aliphatic carboxylic acids is 1. The number of rotatable bonds is 15. The first-order chi connectivity index (χ1) is 19.7. The van der Waals surface area contributed by atoms with Crippen molar-refractivity contribution in [2.75, 3.05) is 45.8 Å². The van der Waals surface area contributed by atoms with Crippen LogP contribution in [0, 0.1) is 11.7 Å². The third kappa shape index (κ3) is 7.13. The van der Waals surface area contributed by atoms with Crippen LogP contribution < -0.4 is 14.2 Å². The summed E-state index contributed by atoms with van der Waals surface area (Å²) in [6.07, 6.45) is 4.16. The first-order valence-electron chi connectivity index (χ1n) is 14.4. The number of fused-ring (bicyclic) bond motifs is 1. The van der Waals surface area contributed by atoms with Crippen molar-refractivity contribution in [3.8, 4) is 17.2 Å². The third-order valence-corrected chi connectivity index (χ3v) is 9.94. The van der Waals surface area contributed by atoms with Crippen LogP contribution in [0.15, 0.2) is 36.4 Å². The number of benzene rings is 2. The Hall–Kier alpha value is -2.89. The number of hydrogen-bond acceptors (Lipinski definition) is 7. The van der Waals surface area contributed by atoms with Crippen LogP contribution >= 0.6 is 0 Å². The second kappa shape index (κ2) is 13.8. The van der Waals surface area contributed by atoms with Gasteiger partial charge in [0.05, 0.1) is 18.8 Å². The number of halogens is 1. The Balaban J connectivity index is 1.64. The van der Waals surface area contributed by atoms with Gasteiger partial charge in [-0.15, -0.1) is 0 Å². The average Bonchev–Trinajstić information content (AvgIpc) is 3.57. The minimum absolute atomic E-state index is 0.0702. The molecule has 1 N–H and O–H groups in total. The lowest BCUT2D eigenvalue weighted by atomic mass is 9.82. The predicted octanol–water partition coefficient (Wildman–Crippen LogP) is 5.03. The van der Waals surface area contributed by atoms with E-state index in [4.69, 9.17) is 14.2 Å². The number of carboxylic acid groups (broad SMARTS) is 1. The number of carbonyl (C=O) groups is 1. The van der Waals surface area contributed by atoms with Gasteiger partial charge in [-0.05, 0) is 48.2 Å². The molecular formula is C30H41FN2O7S. The number of sulfonamides is 1. The van der Waals surface area contributed by atoms with E-state index in [2.05, 4.69) is 6.92 Å². The maximum Gasteiger partial charge on any atom is 0.309 e. The first-order valence-corrected chi connectivity index (χ1v) is 16.0. The zero-order valence-corrected chi connectivity index (χ0v) is 24.9. The Morgan fingerprint density at radius 2 is 1.80 bits per heavy atom. The first kappa shape index (κ1) is 31.1. The average molecular weight is 593 g/mol. The Kier molecular flexibility index (Phi) is 10.5. The van der Waals surface area contributed by atoms with E-state index in [-0.39, 0.29) is 24.8 Å². The Morgan fingerprint density at radius 3 is 2.49 bits per heavy atom. The van der Waals surface area contributed by atoms with Crippen LogP contribution in [0.1, 0.15) is 69.0 Å². The molecule has 2 aromatic carbocycles. The van der Waals surface area contributed by atoms with Crippen LogP contribution in [0.3, 0.4) is 0 Å². The maximum atomic E-state index is 14.9. The molecule has 0 unspecified atom stereocenters. The molecule has 1 saturated heterocycles. The summed E-state index contributed by atoms with van der Waals surface area (Å²) in [6.45, 7) is 5.39. The zero-order valence-electron chi connectivity index (χ0n) is 24.1. The molecule has 2 aliphatic rings. The van der Waals surface area contributed by atoms with Crippen LogP contribution in [-0.4, -0.2) is 74.5 Å². The lowest BCUT2D eigenvalue weighted by Gasteiger charge is -2.30. The Morgan fingerprint density at radius 1 is 1.05 bits per heavy atom. The monoisotopic (exact) mass is 592 g/mol. The Bertz CT molecular complexity index is 1310. The van der Waals surface area contributed by atoms with Crippen molar-refractivity contribution >= 4 is 16.0 Å². The summed E-state index contributed by atoms with van der Waals surface area (Å²) in [6, 6.07) is 9.25. The quantitative estimate of drug-likeness (QED) is 0.287. The molecule has 0 aromatic heterocycles.